The maximum Gasteiger partial charge on any atom is 0.430 e. The first-order valence-corrected chi connectivity index (χ1v) is 6.40. The van der Waals surface area contributed by atoms with Gasteiger partial charge in [-0.25, -0.2) is 4.99 Å². The van der Waals surface area contributed by atoms with Crippen molar-refractivity contribution in [2.75, 3.05) is 13.7 Å². The van der Waals surface area contributed by atoms with E-state index in [9.17, 15) is 22.8 Å². The third kappa shape index (κ3) is 4.97. The van der Waals surface area contributed by atoms with Crippen molar-refractivity contribution in [2.45, 2.75) is 13.1 Å². The number of rotatable bonds is 6. The van der Waals surface area contributed by atoms with Crippen molar-refractivity contribution in [3.8, 4) is 5.75 Å². The summed E-state index contributed by atoms with van der Waals surface area (Å²) in [4.78, 5) is 26.0. The van der Waals surface area contributed by atoms with Crippen LogP contribution in [0.25, 0.3) is 0 Å². The highest BCUT2D eigenvalue weighted by Gasteiger charge is 2.48. The zero-order valence-electron chi connectivity index (χ0n) is 12.3. The predicted octanol–water partition coefficient (Wildman–Crippen LogP) is 2.59. The summed E-state index contributed by atoms with van der Waals surface area (Å²) >= 11 is 0. The first-order chi connectivity index (χ1) is 10.7. The van der Waals surface area contributed by atoms with Crippen LogP contribution in [0.2, 0.25) is 0 Å². The number of carboxylic acids is 1. The highest BCUT2D eigenvalue weighted by atomic mass is 19.4. The lowest BCUT2D eigenvalue weighted by Crippen LogP contribution is -2.41. The Morgan fingerprint density at radius 2 is 2.00 bits per heavy atom. The molecule has 0 aliphatic heterocycles. The molecular formula is C14H14F3NO5. The number of benzene rings is 1. The minimum absolute atomic E-state index is 0.202. The van der Waals surface area contributed by atoms with Crippen LogP contribution in [-0.2, 0) is 14.3 Å². The fourth-order valence-corrected chi connectivity index (χ4v) is 1.67. The summed E-state index contributed by atoms with van der Waals surface area (Å²) in [6.45, 7) is 1.09. The summed E-state index contributed by atoms with van der Waals surface area (Å²) in [7, 11) is 1.31. The summed E-state index contributed by atoms with van der Waals surface area (Å²) in [5.41, 5.74) is -1.97. The molecule has 0 fully saturated rings. The second-order valence-electron chi connectivity index (χ2n) is 4.22. The van der Waals surface area contributed by atoms with E-state index in [4.69, 9.17) is 9.84 Å². The van der Waals surface area contributed by atoms with Gasteiger partial charge in [-0.05, 0) is 19.1 Å². The van der Waals surface area contributed by atoms with Gasteiger partial charge in [-0.1, -0.05) is 6.07 Å². The van der Waals surface area contributed by atoms with Gasteiger partial charge in [0.05, 0.1) is 19.4 Å². The van der Waals surface area contributed by atoms with Gasteiger partial charge in [-0.2, -0.15) is 13.2 Å². The minimum Gasteiger partial charge on any atom is -0.497 e. The third-order valence-electron chi connectivity index (χ3n) is 2.64. The van der Waals surface area contributed by atoms with E-state index in [0.29, 0.717) is 0 Å². The number of alkyl halides is 3. The van der Waals surface area contributed by atoms with Gasteiger partial charge in [0.15, 0.2) is 0 Å². The van der Waals surface area contributed by atoms with Gasteiger partial charge < -0.3 is 14.6 Å². The molecule has 6 nitrogen and oxygen atoms in total. The highest BCUT2D eigenvalue weighted by molar-refractivity contribution is 6.19. The molecule has 0 radical (unpaired) electrons. The Kier molecular flexibility index (Phi) is 6.11. The molecule has 1 N–H and O–H groups in total. The van der Waals surface area contributed by atoms with E-state index in [1.807, 2.05) is 0 Å². The summed E-state index contributed by atoms with van der Waals surface area (Å²) in [5, 5.41) is 8.98. The lowest BCUT2D eigenvalue weighted by Gasteiger charge is -2.16. The van der Waals surface area contributed by atoms with Crippen LogP contribution in [0.1, 0.15) is 6.92 Å². The first kappa shape index (κ1) is 18.5. The van der Waals surface area contributed by atoms with E-state index < -0.39 is 29.7 Å². The number of ether oxygens (including phenoxy) is 2. The zero-order valence-corrected chi connectivity index (χ0v) is 12.3. The number of aliphatic carboxylic acids is 1. The van der Waals surface area contributed by atoms with Gasteiger partial charge in [0.1, 0.15) is 11.5 Å². The number of carboxylic acid groups (broad SMARTS) is 1. The van der Waals surface area contributed by atoms with Crippen LogP contribution in [-0.4, -0.2) is 42.6 Å². The van der Waals surface area contributed by atoms with Crippen molar-refractivity contribution in [1.82, 2.24) is 0 Å². The average molecular weight is 333 g/mol. The summed E-state index contributed by atoms with van der Waals surface area (Å²) in [5.74, 6) is -5.86. The van der Waals surface area contributed by atoms with Crippen molar-refractivity contribution >= 4 is 23.3 Å². The maximum absolute atomic E-state index is 13.2. The standard InChI is InChI=1S/C14H14F3NO5/c1-3-23-13(21)10(12(19)20)11(14(15,16)17)18-8-5-4-6-9(7-8)22-2/h4-7,10H,3H2,1-2H3,(H,19,20). The van der Waals surface area contributed by atoms with E-state index in [2.05, 4.69) is 9.73 Å². The van der Waals surface area contributed by atoms with Crippen LogP contribution in [0.3, 0.4) is 0 Å². The molecule has 0 saturated heterocycles. The Morgan fingerprint density at radius 1 is 1.35 bits per heavy atom. The van der Waals surface area contributed by atoms with E-state index in [1.54, 1.807) is 0 Å². The van der Waals surface area contributed by atoms with Gasteiger partial charge in [-0.15, -0.1) is 0 Å². The number of carbonyl (C=O) groups is 2. The van der Waals surface area contributed by atoms with E-state index >= 15 is 0 Å². The fourth-order valence-electron chi connectivity index (χ4n) is 1.67. The van der Waals surface area contributed by atoms with Gasteiger partial charge >= 0.3 is 18.1 Å². The quantitative estimate of drug-likeness (QED) is 0.491. The Morgan fingerprint density at radius 3 is 2.48 bits per heavy atom. The lowest BCUT2D eigenvalue weighted by molar-refractivity contribution is -0.156. The Labute approximate surface area is 129 Å². The summed E-state index contributed by atoms with van der Waals surface area (Å²) in [6, 6.07) is 5.26. The van der Waals surface area contributed by atoms with Crippen LogP contribution in [0.15, 0.2) is 29.3 Å². The van der Waals surface area contributed by atoms with Crippen molar-refractivity contribution in [1.29, 1.82) is 0 Å². The normalized spacial score (nSPS) is 13.3. The number of halogens is 3. The van der Waals surface area contributed by atoms with E-state index in [-0.39, 0.29) is 18.0 Å². The molecule has 0 spiro atoms. The van der Waals surface area contributed by atoms with Gasteiger partial charge in [0.2, 0.25) is 5.92 Å². The molecule has 0 aromatic heterocycles. The molecule has 0 aliphatic carbocycles. The maximum atomic E-state index is 13.2. The van der Waals surface area contributed by atoms with Crippen LogP contribution in [0, 0.1) is 5.92 Å². The molecule has 0 amide bonds. The number of hydrogen-bond acceptors (Lipinski definition) is 5. The molecule has 0 bridgehead atoms. The fraction of sp³-hybridized carbons (Fsp3) is 0.357. The van der Waals surface area contributed by atoms with Crippen LogP contribution >= 0.6 is 0 Å². The van der Waals surface area contributed by atoms with Crippen molar-refractivity contribution < 1.29 is 37.3 Å². The SMILES string of the molecule is CCOC(=O)C(C(=O)O)C(=Nc1cccc(OC)c1)C(F)(F)F. The molecular weight excluding hydrogens is 319 g/mol. The average Bonchev–Trinajstić information content (AvgIpc) is 2.45. The lowest BCUT2D eigenvalue weighted by atomic mass is 10.0. The molecule has 23 heavy (non-hydrogen) atoms. The number of methoxy groups -OCH3 is 1. The van der Waals surface area contributed by atoms with Gasteiger partial charge in [-0.3, -0.25) is 9.59 Å². The molecule has 0 aliphatic rings. The monoisotopic (exact) mass is 333 g/mol. The Hall–Kier alpha value is -2.58. The largest absolute Gasteiger partial charge is 0.497 e. The Bertz CT molecular complexity index is 613. The number of esters is 1. The minimum atomic E-state index is -5.13. The predicted molar refractivity (Wildman–Crippen MR) is 73.9 cm³/mol. The van der Waals surface area contributed by atoms with E-state index in [1.165, 1.54) is 38.3 Å². The first-order valence-electron chi connectivity index (χ1n) is 6.40. The molecule has 1 rings (SSSR count). The summed E-state index contributed by atoms with van der Waals surface area (Å²) < 4.78 is 48.8. The smallest absolute Gasteiger partial charge is 0.430 e. The van der Waals surface area contributed by atoms with Crippen LogP contribution in [0.4, 0.5) is 18.9 Å². The van der Waals surface area contributed by atoms with E-state index in [0.717, 1.165) is 0 Å². The Balaban J connectivity index is 3.39. The molecule has 1 aromatic carbocycles. The number of nitrogens with zero attached hydrogens (tertiary/aromatic N) is 1. The zero-order chi connectivity index (χ0) is 17.6. The molecule has 9 heteroatoms. The van der Waals surface area contributed by atoms with Crippen molar-refractivity contribution in [2.24, 2.45) is 10.9 Å². The van der Waals surface area contributed by atoms with Crippen molar-refractivity contribution in [3.63, 3.8) is 0 Å². The van der Waals surface area contributed by atoms with Crippen LogP contribution in [0.5, 0.6) is 5.75 Å². The van der Waals surface area contributed by atoms with Gasteiger partial charge in [0, 0.05) is 6.07 Å². The molecule has 1 aromatic rings. The second kappa shape index (κ2) is 7.61. The van der Waals surface area contributed by atoms with Crippen molar-refractivity contribution in [3.05, 3.63) is 24.3 Å². The summed E-state index contributed by atoms with van der Waals surface area (Å²) in [6.07, 6.45) is -5.13. The number of aliphatic imine (C=N–C) groups is 1. The van der Waals surface area contributed by atoms with Crippen LogP contribution < -0.4 is 4.74 Å². The third-order valence-corrected chi connectivity index (χ3v) is 2.64. The molecule has 126 valence electrons. The molecule has 0 heterocycles. The topological polar surface area (TPSA) is 85.2 Å². The second-order valence-corrected chi connectivity index (χ2v) is 4.22. The number of carbonyl (C=O) groups excluding carboxylic acids is 1. The molecule has 1 atom stereocenters. The number of hydrogen-bond donors (Lipinski definition) is 1. The molecule has 0 saturated carbocycles. The van der Waals surface area contributed by atoms with Gasteiger partial charge in [0.25, 0.3) is 0 Å². The molecule has 1 unspecified atom stereocenters. The highest BCUT2D eigenvalue weighted by Crippen LogP contribution is 2.28.